The van der Waals surface area contributed by atoms with Crippen LogP contribution in [0.1, 0.15) is 12.8 Å². The van der Waals surface area contributed by atoms with E-state index in [2.05, 4.69) is 6.08 Å². The van der Waals surface area contributed by atoms with Crippen molar-refractivity contribution < 1.29 is 9.90 Å². The average molecular weight is 200 g/mol. The van der Waals surface area contributed by atoms with Crippen LogP contribution < -0.4 is 0 Å². The molecule has 2 aliphatic carbocycles. The van der Waals surface area contributed by atoms with E-state index >= 15 is 0 Å². The maximum absolute atomic E-state index is 10.7. The fourth-order valence-corrected chi connectivity index (χ4v) is 1.75. The largest absolute Gasteiger partial charge is 0.481 e. The molecule has 2 bridgehead atoms. The summed E-state index contributed by atoms with van der Waals surface area (Å²) in [6, 6.07) is 0. The Morgan fingerprint density at radius 3 is 2.80 bits per heavy atom. The zero-order valence-electron chi connectivity index (χ0n) is 8.31. The SMILES string of the molecule is O=C(O)CC1=CC=CC2=CC=CC=C1C2. The molecule has 0 spiro atoms. The molecule has 2 heteroatoms. The van der Waals surface area contributed by atoms with Gasteiger partial charge in [-0.05, 0) is 23.1 Å². The molecule has 15 heavy (non-hydrogen) atoms. The number of rotatable bonds is 2. The molecule has 0 amide bonds. The maximum atomic E-state index is 10.7. The van der Waals surface area contributed by atoms with Crippen molar-refractivity contribution in [1.29, 1.82) is 0 Å². The molecule has 0 aromatic rings. The fourth-order valence-electron chi connectivity index (χ4n) is 1.75. The summed E-state index contributed by atoms with van der Waals surface area (Å²) in [4.78, 5) is 10.7. The molecule has 0 saturated carbocycles. The first-order valence-electron chi connectivity index (χ1n) is 4.91. The van der Waals surface area contributed by atoms with Crippen LogP contribution in [0.2, 0.25) is 0 Å². The zero-order chi connectivity index (χ0) is 10.7. The van der Waals surface area contributed by atoms with E-state index in [0.717, 1.165) is 17.6 Å². The highest BCUT2D eigenvalue weighted by atomic mass is 16.4. The van der Waals surface area contributed by atoms with Crippen LogP contribution in [0.25, 0.3) is 0 Å². The summed E-state index contributed by atoms with van der Waals surface area (Å²) >= 11 is 0. The van der Waals surface area contributed by atoms with Crippen LogP contribution in [0.3, 0.4) is 0 Å². The van der Waals surface area contributed by atoms with Gasteiger partial charge in [-0.15, -0.1) is 0 Å². The number of hydrogen-bond donors (Lipinski definition) is 1. The Labute approximate surface area is 88.6 Å². The number of allylic oxidation sites excluding steroid dienone is 9. The number of fused-ring (bicyclic) bond motifs is 2. The second-order valence-electron chi connectivity index (χ2n) is 3.62. The molecule has 2 nitrogen and oxygen atoms in total. The van der Waals surface area contributed by atoms with Gasteiger partial charge in [0.25, 0.3) is 0 Å². The lowest BCUT2D eigenvalue weighted by Gasteiger charge is -2.07. The predicted molar refractivity (Wildman–Crippen MR) is 59.4 cm³/mol. The van der Waals surface area contributed by atoms with E-state index in [-0.39, 0.29) is 6.42 Å². The van der Waals surface area contributed by atoms with Crippen LogP contribution in [0.4, 0.5) is 0 Å². The van der Waals surface area contributed by atoms with Crippen molar-refractivity contribution in [3.8, 4) is 0 Å². The van der Waals surface area contributed by atoms with E-state index < -0.39 is 5.97 Å². The van der Waals surface area contributed by atoms with Crippen molar-refractivity contribution in [3.63, 3.8) is 0 Å². The van der Waals surface area contributed by atoms with Crippen LogP contribution >= 0.6 is 0 Å². The molecule has 2 aliphatic rings. The zero-order valence-corrected chi connectivity index (χ0v) is 8.31. The van der Waals surface area contributed by atoms with Gasteiger partial charge in [0.05, 0.1) is 6.42 Å². The summed E-state index contributed by atoms with van der Waals surface area (Å²) in [6.45, 7) is 0. The van der Waals surface area contributed by atoms with Gasteiger partial charge in [-0.25, -0.2) is 0 Å². The standard InChI is InChI=1S/C13H12O2/c14-13(15)9-12-7-3-5-10-4-1-2-6-11(12)8-10/h1-7H,8-9H2,(H,14,15). The first kappa shape index (κ1) is 9.71. The molecular weight excluding hydrogens is 188 g/mol. The highest BCUT2D eigenvalue weighted by molar-refractivity contribution is 5.72. The lowest BCUT2D eigenvalue weighted by molar-refractivity contribution is -0.136. The summed E-state index contributed by atoms with van der Waals surface area (Å²) < 4.78 is 0. The van der Waals surface area contributed by atoms with Crippen LogP contribution in [0.15, 0.2) is 59.3 Å². The summed E-state index contributed by atoms with van der Waals surface area (Å²) in [5, 5.41) is 8.80. The molecule has 0 saturated heterocycles. The van der Waals surface area contributed by atoms with Gasteiger partial charge in [0, 0.05) is 0 Å². The van der Waals surface area contributed by atoms with Gasteiger partial charge in [-0.3, -0.25) is 4.79 Å². The Morgan fingerprint density at radius 1 is 1.20 bits per heavy atom. The summed E-state index contributed by atoms with van der Waals surface area (Å²) in [6.07, 6.45) is 14.7. The van der Waals surface area contributed by atoms with Gasteiger partial charge in [-0.2, -0.15) is 0 Å². The smallest absolute Gasteiger partial charge is 0.307 e. The lowest BCUT2D eigenvalue weighted by atomic mass is 9.98. The molecule has 2 rings (SSSR count). The lowest BCUT2D eigenvalue weighted by Crippen LogP contribution is -1.99. The summed E-state index contributed by atoms with van der Waals surface area (Å²) in [7, 11) is 0. The molecule has 0 atom stereocenters. The highest BCUT2D eigenvalue weighted by Crippen LogP contribution is 2.27. The monoisotopic (exact) mass is 200 g/mol. The van der Waals surface area contributed by atoms with Crippen molar-refractivity contribution in [3.05, 3.63) is 59.3 Å². The third kappa shape index (κ3) is 2.34. The molecule has 0 heterocycles. The van der Waals surface area contributed by atoms with E-state index in [1.165, 1.54) is 5.57 Å². The molecule has 76 valence electrons. The number of carboxylic acids is 1. The molecule has 0 radical (unpaired) electrons. The van der Waals surface area contributed by atoms with Crippen molar-refractivity contribution in [2.75, 3.05) is 0 Å². The Morgan fingerprint density at radius 2 is 2.00 bits per heavy atom. The van der Waals surface area contributed by atoms with E-state index in [1.807, 2.05) is 36.5 Å². The van der Waals surface area contributed by atoms with Gasteiger partial charge in [0.15, 0.2) is 0 Å². The minimum Gasteiger partial charge on any atom is -0.481 e. The van der Waals surface area contributed by atoms with Gasteiger partial charge >= 0.3 is 5.97 Å². The first-order valence-corrected chi connectivity index (χ1v) is 4.91. The van der Waals surface area contributed by atoms with Crippen molar-refractivity contribution >= 4 is 5.97 Å². The van der Waals surface area contributed by atoms with Gasteiger partial charge in [0.1, 0.15) is 0 Å². The van der Waals surface area contributed by atoms with Crippen LogP contribution in [-0.4, -0.2) is 11.1 Å². The number of hydrogen-bond acceptors (Lipinski definition) is 1. The quantitative estimate of drug-likeness (QED) is 0.744. The van der Waals surface area contributed by atoms with Crippen LogP contribution in [0.5, 0.6) is 0 Å². The Bertz CT molecular complexity index is 431. The summed E-state index contributed by atoms with van der Waals surface area (Å²) in [5.74, 6) is -0.781. The normalized spacial score (nSPS) is 18.5. The number of carbonyl (C=O) groups is 1. The predicted octanol–water partition coefficient (Wildman–Crippen LogP) is 2.77. The third-order valence-corrected chi connectivity index (χ3v) is 2.48. The molecule has 0 aromatic carbocycles. The molecule has 0 unspecified atom stereocenters. The van der Waals surface area contributed by atoms with Gasteiger partial charge in [0.2, 0.25) is 0 Å². The van der Waals surface area contributed by atoms with Crippen LogP contribution in [0, 0.1) is 0 Å². The van der Waals surface area contributed by atoms with Crippen molar-refractivity contribution in [1.82, 2.24) is 0 Å². The Kier molecular flexibility index (Phi) is 2.68. The molecule has 0 fully saturated rings. The van der Waals surface area contributed by atoms with Crippen LogP contribution in [-0.2, 0) is 4.79 Å². The third-order valence-electron chi connectivity index (χ3n) is 2.48. The second kappa shape index (κ2) is 4.13. The molecular formula is C13H12O2. The number of aliphatic carboxylic acids is 1. The minimum absolute atomic E-state index is 0.0945. The highest BCUT2D eigenvalue weighted by Gasteiger charge is 2.12. The van der Waals surface area contributed by atoms with Crippen molar-refractivity contribution in [2.45, 2.75) is 12.8 Å². The van der Waals surface area contributed by atoms with Gasteiger partial charge in [-0.1, -0.05) is 42.5 Å². The first-order chi connectivity index (χ1) is 7.25. The molecule has 1 N–H and O–H groups in total. The molecule has 0 aromatic heterocycles. The Balaban J connectivity index is 2.33. The fraction of sp³-hybridized carbons (Fsp3) is 0.154. The van der Waals surface area contributed by atoms with Crippen molar-refractivity contribution in [2.24, 2.45) is 0 Å². The topological polar surface area (TPSA) is 37.3 Å². The average Bonchev–Trinajstić information content (AvgIpc) is 2.50. The minimum atomic E-state index is -0.781. The maximum Gasteiger partial charge on any atom is 0.307 e. The number of carboxylic acid groups (broad SMARTS) is 1. The van der Waals surface area contributed by atoms with E-state index in [4.69, 9.17) is 5.11 Å². The second-order valence-corrected chi connectivity index (χ2v) is 3.62. The van der Waals surface area contributed by atoms with E-state index in [9.17, 15) is 4.79 Å². The Hall–Kier alpha value is -1.83. The van der Waals surface area contributed by atoms with Gasteiger partial charge < -0.3 is 5.11 Å². The van der Waals surface area contributed by atoms with E-state index in [1.54, 1.807) is 0 Å². The molecule has 0 aliphatic heterocycles. The summed E-state index contributed by atoms with van der Waals surface area (Å²) in [5.41, 5.74) is 3.21. The van der Waals surface area contributed by atoms with E-state index in [0.29, 0.717) is 0 Å².